The molecule has 134 valence electrons. The molecule has 2 N–H and O–H groups in total. The number of rotatable bonds is 7. The number of nitrogens with zero attached hydrogens (tertiary/aromatic N) is 2. The lowest BCUT2D eigenvalue weighted by atomic mass is 9.96. The van der Waals surface area contributed by atoms with Gasteiger partial charge in [-0.15, -0.1) is 0 Å². The first kappa shape index (κ1) is 18.7. The molecule has 1 amide bonds. The van der Waals surface area contributed by atoms with Crippen LogP contribution in [0.5, 0.6) is 0 Å². The minimum Gasteiger partial charge on any atom is -0.389 e. The van der Waals surface area contributed by atoms with E-state index in [-0.39, 0.29) is 11.9 Å². The van der Waals surface area contributed by atoms with Crippen LogP contribution >= 0.6 is 0 Å². The zero-order valence-corrected chi connectivity index (χ0v) is 15.2. The lowest BCUT2D eigenvalue weighted by Crippen LogP contribution is -2.56. The summed E-state index contributed by atoms with van der Waals surface area (Å²) >= 11 is 0. The molecule has 5 heteroatoms. The van der Waals surface area contributed by atoms with E-state index in [0.717, 1.165) is 58.4 Å². The van der Waals surface area contributed by atoms with Crippen LogP contribution in [0.15, 0.2) is 0 Å². The average molecular weight is 325 g/mol. The van der Waals surface area contributed by atoms with E-state index in [9.17, 15) is 9.90 Å². The standard InChI is InChI=1S/C18H35N3O2/c1-4-18(23,5-2)14-20-10-12-21(13-11-20)15(3)17(22)19-16-8-6-7-9-16/h15-16,23H,4-14H2,1-3H3,(H,19,22). The van der Waals surface area contributed by atoms with Gasteiger partial charge in [-0.05, 0) is 32.6 Å². The number of piperazine rings is 1. The molecule has 0 radical (unpaired) electrons. The Morgan fingerprint density at radius 3 is 2.26 bits per heavy atom. The molecule has 1 atom stereocenters. The zero-order valence-electron chi connectivity index (χ0n) is 15.2. The van der Waals surface area contributed by atoms with E-state index >= 15 is 0 Å². The van der Waals surface area contributed by atoms with Crippen molar-refractivity contribution in [3.63, 3.8) is 0 Å². The number of carbonyl (C=O) groups is 1. The van der Waals surface area contributed by atoms with Crippen molar-refractivity contribution in [2.24, 2.45) is 0 Å². The molecular formula is C18H35N3O2. The van der Waals surface area contributed by atoms with Gasteiger partial charge in [-0.3, -0.25) is 14.6 Å². The van der Waals surface area contributed by atoms with Gasteiger partial charge in [0, 0.05) is 38.8 Å². The van der Waals surface area contributed by atoms with Crippen molar-refractivity contribution in [3.8, 4) is 0 Å². The summed E-state index contributed by atoms with van der Waals surface area (Å²) in [5.41, 5.74) is -0.562. The van der Waals surface area contributed by atoms with Crippen LogP contribution < -0.4 is 5.32 Å². The second kappa shape index (κ2) is 8.45. The zero-order chi connectivity index (χ0) is 16.9. The number of amides is 1. The highest BCUT2D eigenvalue weighted by atomic mass is 16.3. The molecule has 1 heterocycles. The van der Waals surface area contributed by atoms with Gasteiger partial charge in [0.25, 0.3) is 0 Å². The molecule has 0 spiro atoms. The Hall–Kier alpha value is -0.650. The molecule has 0 bridgehead atoms. The van der Waals surface area contributed by atoms with E-state index in [1.54, 1.807) is 0 Å². The van der Waals surface area contributed by atoms with Gasteiger partial charge in [-0.1, -0.05) is 26.7 Å². The smallest absolute Gasteiger partial charge is 0.237 e. The Labute approximate surface area is 141 Å². The number of aliphatic hydroxyl groups is 1. The molecule has 23 heavy (non-hydrogen) atoms. The summed E-state index contributed by atoms with van der Waals surface area (Å²) in [6.45, 7) is 10.5. The molecule has 2 rings (SSSR count). The van der Waals surface area contributed by atoms with Crippen LogP contribution in [0, 0.1) is 0 Å². The van der Waals surface area contributed by atoms with Gasteiger partial charge in [0.2, 0.25) is 5.91 Å². The van der Waals surface area contributed by atoms with Crippen LogP contribution in [0.4, 0.5) is 0 Å². The second-order valence-corrected chi connectivity index (χ2v) is 7.41. The maximum Gasteiger partial charge on any atom is 0.237 e. The van der Waals surface area contributed by atoms with Crippen molar-refractivity contribution in [3.05, 3.63) is 0 Å². The maximum absolute atomic E-state index is 12.4. The highest BCUT2D eigenvalue weighted by Crippen LogP contribution is 2.19. The average Bonchev–Trinajstić information content (AvgIpc) is 3.07. The van der Waals surface area contributed by atoms with Crippen LogP contribution in [-0.2, 0) is 4.79 Å². The van der Waals surface area contributed by atoms with Gasteiger partial charge >= 0.3 is 0 Å². The molecular weight excluding hydrogens is 290 g/mol. The third kappa shape index (κ3) is 5.16. The molecule has 0 aromatic rings. The highest BCUT2D eigenvalue weighted by molar-refractivity contribution is 5.81. The van der Waals surface area contributed by atoms with Gasteiger partial charge in [0.1, 0.15) is 0 Å². The molecule has 1 aliphatic heterocycles. The highest BCUT2D eigenvalue weighted by Gasteiger charge is 2.31. The Bertz CT molecular complexity index is 370. The van der Waals surface area contributed by atoms with Crippen LogP contribution in [0.25, 0.3) is 0 Å². The van der Waals surface area contributed by atoms with Crippen molar-refractivity contribution in [1.82, 2.24) is 15.1 Å². The Balaban J connectivity index is 1.75. The largest absolute Gasteiger partial charge is 0.389 e. The predicted octanol–water partition coefficient (Wildman–Crippen LogP) is 1.60. The fourth-order valence-electron chi connectivity index (χ4n) is 3.76. The predicted molar refractivity (Wildman–Crippen MR) is 93.4 cm³/mol. The monoisotopic (exact) mass is 325 g/mol. The molecule has 1 saturated carbocycles. The number of carbonyl (C=O) groups excluding carboxylic acids is 1. The van der Waals surface area contributed by atoms with Crippen molar-refractivity contribution < 1.29 is 9.90 Å². The first-order valence-corrected chi connectivity index (χ1v) is 9.46. The molecule has 1 unspecified atom stereocenters. The van der Waals surface area contributed by atoms with Crippen molar-refractivity contribution >= 4 is 5.91 Å². The summed E-state index contributed by atoms with van der Waals surface area (Å²) in [5.74, 6) is 0.184. The Morgan fingerprint density at radius 2 is 1.74 bits per heavy atom. The van der Waals surface area contributed by atoms with Gasteiger partial charge in [-0.25, -0.2) is 0 Å². The van der Waals surface area contributed by atoms with Crippen molar-refractivity contribution in [2.75, 3.05) is 32.7 Å². The summed E-state index contributed by atoms with van der Waals surface area (Å²) < 4.78 is 0. The van der Waals surface area contributed by atoms with Crippen LogP contribution in [0.2, 0.25) is 0 Å². The molecule has 1 aliphatic carbocycles. The minimum absolute atomic E-state index is 0.0472. The van der Waals surface area contributed by atoms with Crippen molar-refractivity contribution in [1.29, 1.82) is 0 Å². The molecule has 0 aromatic heterocycles. The topological polar surface area (TPSA) is 55.8 Å². The van der Waals surface area contributed by atoms with E-state index in [0.29, 0.717) is 6.04 Å². The van der Waals surface area contributed by atoms with Crippen LogP contribution in [0.3, 0.4) is 0 Å². The van der Waals surface area contributed by atoms with E-state index in [4.69, 9.17) is 0 Å². The molecule has 5 nitrogen and oxygen atoms in total. The third-order valence-corrected chi connectivity index (χ3v) is 5.87. The first-order valence-electron chi connectivity index (χ1n) is 9.46. The number of hydrogen-bond acceptors (Lipinski definition) is 4. The quantitative estimate of drug-likeness (QED) is 0.746. The van der Waals surface area contributed by atoms with E-state index in [2.05, 4.69) is 29.0 Å². The molecule has 2 aliphatic rings. The second-order valence-electron chi connectivity index (χ2n) is 7.41. The summed E-state index contributed by atoms with van der Waals surface area (Å²) in [6, 6.07) is 0.351. The van der Waals surface area contributed by atoms with Gasteiger partial charge in [0.05, 0.1) is 11.6 Å². The summed E-state index contributed by atoms with van der Waals surface area (Å²) in [4.78, 5) is 17.0. The lowest BCUT2D eigenvalue weighted by molar-refractivity contribution is -0.127. The summed E-state index contributed by atoms with van der Waals surface area (Å²) in [7, 11) is 0. The maximum atomic E-state index is 12.4. The molecule has 1 saturated heterocycles. The Morgan fingerprint density at radius 1 is 1.17 bits per heavy atom. The van der Waals surface area contributed by atoms with E-state index in [1.165, 1.54) is 12.8 Å². The summed E-state index contributed by atoms with van der Waals surface area (Å²) in [5, 5.41) is 13.7. The molecule has 2 fully saturated rings. The first-order chi connectivity index (χ1) is 11.0. The fourth-order valence-corrected chi connectivity index (χ4v) is 3.76. The third-order valence-electron chi connectivity index (χ3n) is 5.87. The normalized spacial score (nSPS) is 23.1. The van der Waals surface area contributed by atoms with Gasteiger partial charge in [-0.2, -0.15) is 0 Å². The summed E-state index contributed by atoms with van der Waals surface area (Å²) in [6.07, 6.45) is 6.36. The van der Waals surface area contributed by atoms with Crippen molar-refractivity contribution in [2.45, 2.75) is 77.0 Å². The number of nitrogens with one attached hydrogen (secondary N) is 1. The van der Waals surface area contributed by atoms with E-state index < -0.39 is 5.60 Å². The number of hydrogen-bond donors (Lipinski definition) is 2. The minimum atomic E-state index is -0.562. The Kier molecular flexibility index (Phi) is 6.86. The van der Waals surface area contributed by atoms with Crippen LogP contribution in [-0.4, -0.2) is 71.2 Å². The number of β-amino-alcohol motifs (C(OH)–C–C–N with tert-alkyl or cyclic N) is 1. The van der Waals surface area contributed by atoms with E-state index in [1.807, 2.05) is 6.92 Å². The SMILES string of the molecule is CCC(O)(CC)CN1CCN(C(C)C(=O)NC2CCCC2)CC1. The molecule has 0 aromatic carbocycles. The lowest BCUT2D eigenvalue weighted by Gasteiger charge is -2.40. The van der Waals surface area contributed by atoms with Gasteiger partial charge in [0.15, 0.2) is 0 Å². The van der Waals surface area contributed by atoms with Gasteiger partial charge < -0.3 is 10.4 Å². The fraction of sp³-hybridized carbons (Fsp3) is 0.944. The van der Waals surface area contributed by atoms with Crippen LogP contribution in [0.1, 0.15) is 59.3 Å².